The molecule has 3 aliphatic heterocycles. The molecule has 6 rings (SSSR count). The maximum absolute atomic E-state index is 14.1. The van der Waals surface area contributed by atoms with E-state index in [1.807, 2.05) is 29.2 Å². The maximum atomic E-state index is 14.1. The normalized spacial score (nSPS) is 23.1. The molecule has 198 valence electrons. The Kier molecular flexibility index (Phi) is 6.81. The van der Waals surface area contributed by atoms with Crippen molar-refractivity contribution in [1.82, 2.24) is 0 Å². The Morgan fingerprint density at radius 3 is 2.41 bits per heavy atom. The number of hydrogen-bond acceptors (Lipinski definition) is 5. The summed E-state index contributed by atoms with van der Waals surface area (Å²) < 4.78 is 6.60. The van der Waals surface area contributed by atoms with Crippen LogP contribution in [0, 0.1) is 11.8 Å². The number of halogens is 2. The molecule has 3 aromatic rings. The van der Waals surface area contributed by atoms with Crippen LogP contribution in [-0.4, -0.2) is 36.3 Å². The van der Waals surface area contributed by atoms with Crippen molar-refractivity contribution < 1.29 is 19.1 Å². The van der Waals surface area contributed by atoms with Gasteiger partial charge in [0.2, 0.25) is 11.8 Å². The van der Waals surface area contributed by atoms with Crippen LogP contribution in [0.1, 0.15) is 35.7 Å². The molecule has 0 saturated carbocycles. The van der Waals surface area contributed by atoms with Gasteiger partial charge >= 0.3 is 0 Å². The number of fused-ring (bicyclic) bond motifs is 5. The number of ketones is 1. The Labute approximate surface area is 240 Å². The van der Waals surface area contributed by atoms with Crippen LogP contribution in [0.2, 0.25) is 5.02 Å². The Balaban J connectivity index is 1.39. The van der Waals surface area contributed by atoms with Crippen molar-refractivity contribution in [2.45, 2.75) is 31.8 Å². The van der Waals surface area contributed by atoms with Crippen molar-refractivity contribution in [3.63, 3.8) is 0 Å². The lowest BCUT2D eigenvalue weighted by atomic mass is 9.86. The number of carbonyl (C=O) groups is 3. The molecular formula is C31H26BrClN2O4. The number of anilines is 2. The minimum Gasteiger partial charge on any atom is -0.494 e. The summed E-state index contributed by atoms with van der Waals surface area (Å²) in [4.78, 5) is 45.3. The number of rotatable bonds is 7. The SMILES string of the molecule is CCCCOc1ccc(N2C(=O)[C@@H]3[C@@H](C2=O)[C@@H]2C=Cc4cc(Cl)ccc4N2[C@@H]3C(=O)c2ccc(Br)cc2)cc1. The average Bonchev–Trinajstić information content (AvgIpc) is 3.41. The fourth-order valence-electron chi connectivity index (χ4n) is 5.91. The molecule has 8 heteroatoms. The van der Waals surface area contributed by atoms with Gasteiger partial charge in [0.25, 0.3) is 0 Å². The highest BCUT2D eigenvalue weighted by Gasteiger charge is 2.64. The van der Waals surface area contributed by atoms with Gasteiger partial charge in [0.05, 0.1) is 30.2 Å². The molecule has 2 amide bonds. The summed E-state index contributed by atoms with van der Waals surface area (Å²) in [6.45, 7) is 2.71. The number of nitrogens with zero attached hydrogens (tertiary/aromatic N) is 2. The van der Waals surface area contributed by atoms with Gasteiger partial charge in [0, 0.05) is 20.7 Å². The minimum atomic E-state index is -0.843. The van der Waals surface area contributed by atoms with E-state index < -0.39 is 23.9 Å². The van der Waals surface area contributed by atoms with Crippen molar-refractivity contribution >= 4 is 62.6 Å². The largest absolute Gasteiger partial charge is 0.494 e. The fourth-order valence-corrected chi connectivity index (χ4v) is 6.35. The van der Waals surface area contributed by atoms with Gasteiger partial charge in [0.15, 0.2) is 5.78 Å². The van der Waals surface area contributed by atoms with E-state index in [9.17, 15) is 14.4 Å². The highest BCUT2D eigenvalue weighted by molar-refractivity contribution is 9.10. The third kappa shape index (κ3) is 4.38. The third-order valence-corrected chi connectivity index (χ3v) is 8.49. The smallest absolute Gasteiger partial charge is 0.240 e. The molecule has 0 spiro atoms. The highest BCUT2D eigenvalue weighted by Crippen LogP contribution is 2.50. The Bertz CT molecular complexity index is 1490. The Hall–Kier alpha value is -3.42. The van der Waals surface area contributed by atoms with Crippen LogP contribution in [0.4, 0.5) is 11.4 Å². The quantitative estimate of drug-likeness (QED) is 0.174. The molecular weight excluding hydrogens is 580 g/mol. The number of imide groups is 1. The van der Waals surface area contributed by atoms with Crippen molar-refractivity contribution in [2.24, 2.45) is 11.8 Å². The third-order valence-electron chi connectivity index (χ3n) is 7.73. The fraction of sp³-hybridized carbons (Fsp3) is 0.258. The lowest BCUT2D eigenvalue weighted by molar-refractivity contribution is -0.122. The first kappa shape index (κ1) is 25.8. The number of hydrogen-bond donors (Lipinski definition) is 0. The molecule has 0 bridgehead atoms. The van der Waals surface area contributed by atoms with Crippen LogP contribution in [0.3, 0.4) is 0 Å². The van der Waals surface area contributed by atoms with Gasteiger partial charge in [-0.25, -0.2) is 4.90 Å². The summed E-state index contributed by atoms with van der Waals surface area (Å²) in [5.41, 5.74) is 2.61. The molecule has 2 fully saturated rings. The minimum absolute atomic E-state index is 0.195. The molecule has 0 unspecified atom stereocenters. The summed E-state index contributed by atoms with van der Waals surface area (Å²) >= 11 is 9.68. The first-order chi connectivity index (χ1) is 18.9. The van der Waals surface area contributed by atoms with E-state index in [0.29, 0.717) is 28.6 Å². The van der Waals surface area contributed by atoms with Gasteiger partial charge in [-0.3, -0.25) is 14.4 Å². The number of unbranched alkanes of at least 4 members (excludes halogenated alkanes) is 1. The molecule has 0 aromatic heterocycles. The van der Waals surface area contributed by atoms with E-state index in [1.54, 1.807) is 54.6 Å². The summed E-state index contributed by atoms with van der Waals surface area (Å²) in [5.74, 6) is -1.69. The lowest BCUT2D eigenvalue weighted by Gasteiger charge is -2.36. The van der Waals surface area contributed by atoms with Crippen molar-refractivity contribution in [2.75, 3.05) is 16.4 Å². The monoisotopic (exact) mass is 604 g/mol. The van der Waals surface area contributed by atoms with Crippen molar-refractivity contribution in [3.05, 3.63) is 93.4 Å². The summed E-state index contributed by atoms with van der Waals surface area (Å²) in [5, 5.41) is 0.576. The second-order valence-electron chi connectivity index (χ2n) is 10.0. The number of benzene rings is 3. The van der Waals surface area contributed by atoms with Crippen molar-refractivity contribution in [1.29, 1.82) is 0 Å². The number of ether oxygens (including phenoxy) is 1. The Morgan fingerprint density at radius 1 is 0.974 bits per heavy atom. The van der Waals surface area contributed by atoms with Gasteiger partial charge in [-0.05, 0) is 66.6 Å². The van der Waals surface area contributed by atoms with Crippen LogP contribution in [-0.2, 0) is 9.59 Å². The molecule has 6 nitrogen and oxygen atoms in total. The predicted molar refractivity (Wildman–Crippen MR) is 155 cm³/mol. The molecule has 39 heavy (non-hydrogen) atoms. The molecule has 3 heterocycles. The topological polar surface area (TPSA) is 66.9 Å². The van der Waals surface area contributed by atoms with Crippen LogP contribution >= 0.6 is 27.5 Å². The highest BCUT2D eigenvalue weighted by atomic mass is 79.9. The molecule has 0 aliphatic carbocycles. The second kappa shape index (κ2) is 10.3. The second-order valence-corrected chi connectivity index (χ2v) is 11.4. The standard InChI is InChI=1S/C31H26BrClN2O4/c1-2-3-16-39-23-12-10-22(11-13-23)34-30(37)26-25-14-6-19-17-21(33)9-15-24(19)35(25)28(27(26)31(34)38)29(36)18-4-7-20(32)8-5-18/h4-15,17,25-28H,2-3,16H2,1H3/t25-,26-,27+,28-/m0/s1. The molecule has 3 aromatic carbocycles. The first-order valence-corrected chi connectivity index (χ1v) is 14.2. The van der Waals surface area contributed by atoms with E-state index in [0.717, 1.165) is 28.6 Å². The van der Waals surface area contributed by atoms with E-state index in [4.69, 9.17) is 16.3 Å². The van der Waals surface area contributed by atoms with E-state index in [2.05, 4.69) is 22.9 Å². The molecule has 3 aliphatic rings. The van der Waals surface area contributed by atoms with Crippen LogP contribution in [0.5, 0.6) is 5.75 Å². The van der Waals surface area contributed by atoms with Gasteiger partial charge in [-0.1, -0.05) is 65.2 Å². The number of amides is 2. The summed E-state index contributed by atoms with van der Waals surface area (Å²) in [6.07, 6.45) is 5.82. The van der Waals surface area contributed by atoms with Gasteiger partial charge < -0.3 is 9.64 Å². The van der Waals surface area contributed by atoms with Crippen LogP contribution in [0.15, 0.2) is 77.3 Å². The predicted octanol–water partition coefficient (Wildman–Crippen LogP) is 6.55. The molecule has 4 atom stereocenters. The lowest BCUT2D eigenvalue weighted by Crippen LogP contribution is -2.48. The van der Waals surface area contributed by atoms with Gasteiger partial charge in [0.1, 0.15) is 11.8 Å². The van der Waals surface area contributed by atoms with Crippen LogP contribution in [0.25, 0.3) is 6.08 Å². The van der Waals surface area contributed by atoms with Gasteiger partial charge in [-0.15, -0.1) is 0 Å². The zero-order valence-electron chi connectivity index (χ0n) is 21.2. The molecule has 0 N–H and O–H groups in total. The van der Waals surface area contributed by atoms with E-state index >= 15 is 0 Å². The summed E-state index contributed by atoms with van der Waals surface area (Å²) in [6, 6.07) is 18.3. The number of Topliss-reactive ketones (excluding diaryl/α,β-unsaturated/α-hetero) is 1. The zero-order valence-corrected chi connectivity index (χ0v) is 23.6. The van der Waals surface area contributed by atoms with E-state index in [1.165, 1.54) is 4.90 Å². The number of carbonyl (C=O) groups excluding carboxylic acids is 3. The maximum Gasteiger partial charge on any atom is 0.240 e. The zero-order chi connectivity index (χ0) is 27.3. The van der Waals surface area contributed by atoms with Crippen molar-refractivity contribution in [3.8, 4) is 5.75 Å². The average molecular weight is 606 g/mol. The van der Waals surface area contributed by atoms with E-state index in [-0.39, 0.29) is 17.6 Å². The summed E-state index contributed by atoms with van der Waals surface area (Å²) in [7, 11) is 0. The molecule has 0 radical (unpaired) electrons. The Morgan fingerprint density at radius 2 is 1.69 bits per heavy atom. The first-order valence-electron chi connectivity index (χ1n) is 13.1. The van der Waals surface area contributed by atoms with Gasteiger partial charge in [-0.2, -0.15) is 0 Å². The molecule has 2 saturated heterocycles. The van der Waals surface area contributed by atoms with Crippen LogP contribution < -0.4 is 14.5 Å².